The number of aryl methyl sites for hydroxylation is 1. The van der Waals surface area contributed by atoms with Crippen molar-refractivity contribution in [3.05, 3.63) is 23.5 Å². The second-order valence-corrected chi connectivity index (χ2v) is 3.26. The number of fused-ring (bicyclic) bond motifs is 1. The van der Waals surface area contributed by atoms with Crippen LogP contribution in [-0.2, 0) is 7.05 Å². The highest BCUT2D eigenvalue weighted by Gasteiger charge is 2.24. The highest BCUT2D eigenvalue weighted by molar-refractivity contribution is 5.53. The number of hydrogen-bond donors (Lipinski definition) is 0. The molecule has 0 fully saturated rings. The van der Waals surface area contributed by atoms with E-state index in [1.807, 2.05) is 26.1 Å². The van der Waals surface area contributed by atoms with Crippen molar-refractivity contribution in [2.45, 2.75) is 13.1 Å². The first-order valence-corrected chi connectivity index (χ1v) is 4.04. The van der Waals surface area contributed by atoms with E-state index in [1.54, 1.807) is 10.9 Å². The van der Waals surface area contributed by atoms with Crippen LogP contribution < -0.4 is 0 Å². The van der Waals surface area contributed by atoms with Gasteiger partial charge in [-0.3, -0.25) is 4.68 Å². The van der Waals surface area contributed by atoms with Gasteiger partial charge < -0.3 is 0 Å². The summed E-state index contributed by atoms with van der Waals surface area (Å²) in [6.07, 6.45) is 4.61. The van der Waals surface area contributed by atoms with Crippen molar-refractivity contribution < 1.29 is 4.39 Å². The predicted octanol–water partition coefficient (Wildman–Crippen LogP) is 2.09. The lowest BCUT2D eigenvalue weighted by molar-refractivity contribution is 0.280. The number of halogens is 1. The van der Waals surface area contributed by atoms with Crippen LogP contribution in [0.3, 0.4) is 0 Å². The van der Waals surface area contributed by atoms with Crippen LogP contribution in [0.15, 0.2) is 12.3 Å². The molecule has 0 bridgehead atoms. The Morgan fingerprint density at radius 3 is 3.08 bits per heavy atom. The largest absolute Gasteiger partial charge is 0.275 e. The maximum atomic E-state index is 13.5. The maximum absolute atomic E-state index is 13.5. The Bertz CT molecular complexity index is 327. The lowest BCUT2D eigenvalue weighted by atomic mass is 9.94. The van der Waals surface area contributed by atoms with Gasteiger partial charge in [0.2, 0.25) is 0 Å². The molecule has 0 N–H and O–H groups in total. The normalized spacial score (nSPS) is 27.2. The van der Waals surface area contributed by atoms with Crippen LogP contribution in [0.5, 0.6) is 0 Å². The summed E-state index contributed by atoms with van der Waals surface area (Å²) in [7, 11) is 1.81. The van der Waals surface area contributed by atoms with E-state index in [0.29, 0.717) is 5.56 Å². The summed E-state index contributed by atoms with van der Waals surface area (Å²) < 4.78 is 15.1. The number of hydrogen-bond acceptors (Lipinski definition) is 1. The van der Waals surface area contributed by atoms with Crippen LogP contribution >= 0.6 is 0 Å². The van der Waals surface area contributed by atoms with Crippen LogP contribution in [-0.4, -0.2) is 9.78 Å². The molecule has 2 atom stereocenters. The van der Waals surface area contributed by atoms with Crippen molar-refractivity contribution in [1.29, 1.82) is 0 Å². The van der Waals surface area contributed by atoms with Crippen LogP contribution in [0, 0.1) is 5.92 Å². The molecule has 0 amide bonds. The second kappa shape index (κ2) is 2.44. The minimum Gasteiger partial charge on any atom is -0.275 e. The first kappa shape index (κ1) is 7.53. The summed E-state index contributed by atoms with van der Waals surface area (Å²) in [4.78, 5) is 0. The minimum atomic E-state index is -0.890. The van der Waals surface area contributed by atoms with E-state index >= 15 is 0 Å². The summed E-state index contributed by atoms with van der Waals surface area (Å²) in [6.45, 7) is 1.87. The molecule has 1 aliphatic rings. The smallest absolute Gasteiger partial charge is 0.135 e. The van der Waals surface area contributed by atoms with Crippen molar-refractivity contribution in [1.82, 2.24) is 9.78 Å². The summed E-state index contributed by atoms with van der Waals surface area (Å²) >= 11 is 0. The third-order valence-electron chi connectivity index (χ3n) is 2.20. The zero-order valence-corrected chi connectivity index (χ0v) is 7.16. The quantitative estimate of drug-likeness (QED) is 0.577. The molecule has 1 aromatic heterocycles. The number of alkyl halides is 1. The first-order chi connectivity index (χ1) is 5.68. The van der Waals surface area contributed by atoms with Crippen molar-refractivity contribution >= 4 is 6.08 Å². The number of rotatable bonds is 0. The third kappa shape index (κ3) is 0.967. The second-order valence-electron chi connectivity index (χ2n) is 3.26. The SMILES string of the molecule is CC1C=Cc2nn(C)cc2C1F. The van der Waals surface area contributed by atoms with Crippen molar-refractivity contribution in [3.63, 3.8) is 0 Å². The maximum Gasteiger partial charge on any atom is 0.135 e. The number of nitrogens with zero attached hydrogens (tertiary/aromatic N) is 2. The number of allylic oxidation sites excluding steroid dienone is 1. The molecule has 1 heterocycles. The van der Waals surface area contributed by atoms with Gasteiger partial charge in [-0.1, -0.05) is 13.0 Å². The van der Waals surface area contributed by atoms with E-state index in [0.717, 1.165) is 5.69 Å². The minimum absolute atomic E-state index is 0.0262. The first-order valence-electron chi connectivity index (χ1n) is 4.04. The van der Waals surface area contributed by atoms with Crippen LogP contribution in [0.4, 0.5) is 4.39 Å². The average Bonchev–Trinajstić information content (AvgIpc) is 2.39. The van der Waals surface area contributed by atoms with Gasteiger partial charge in [-0.25, -0.2) is 4.39 Å². The van der Waals surface area contributed by atoms with Gasteiger partial charge in [-0.15, -0.1) is 0 Å². The van der Waals surface area contributed by atoms with Gasteiger partial charge in [0.1, 0.15) is 6.17 Å². The molecule has 0 radical (unpaired) electrons. The molecule has 1 aliphatic carbocycles. The monoisotopic (exact) mass is 166 g/mol. The summed E-state index contributed by atoms with van der Waals surface area (Å²) in [5.41, 5.74) is 1.48. The Morgan fingerprint density at radius 2 is 2.33 bits per heavy atom. The Morgan fingerprint density at radius 1 is 1.58 bits per heavy atom. The van der Waals surface area contributed by atoms with Crippen molar-refractivity contribution in [3.8, 4) is 0 Å². The highest BCUT2D eigenvalue weighted by atomic mass is 19.1. The fourth-order valence-corrected chi connectivity index (χ4v) is 1.49. The predicted molar refractivity (Wildman–Crippen MR) is 45.3 cm³/mol. The summed E-state index contributed by atoms with van der Waals surface area (Å²) in [5, 5.41) is 4.13. The van der Waals surface area contributed by atoms with Gasteiger partial charge in [0.05, 0.1) is 5.69 Å². The van der Waals surface area contributed by atoms with E-state index in [4.69, 9.17) is 0 Å². The standard InChI is InChI=1S/C9H11FN2/c1-6-3-4-8-7(9(6)10)5-12(2)11-8/h3-6,9H,1-2H3. The van der Waals surface area contributed by atoms with Gasteiger partial charge in [-0.2, -0.15) is 5.10 Å². The molecular formula is C9H11FN2. The Labute approximate surface area is 70.7 Å². The zero-order chi connectivity index (χ0) is 8.72. The molecule has 2 nitrogen and oxygen atoms in total. The molecular weight excluding hydrogens is 155 g/mol. The Hall–Kier alpha value is -1.12. The highest BCUT2D eigenvalue weighted by Crippen LogP contribution is 2.33. The van der Waals surface area contributed by atoms with Gasteiger partial charge in [0.25, 0.3) is 0 Å². The fraction of sp³-hybridized carbons (Fsp3) is 0.444. The number of aromatic nitrogens is 2. The topological polar surface area (TPSA) is 17.8 Å². The zero-order valence-electron chi connectivity index (χ0n) is 7.16. The molecule has 0 saturated heterocycles. The lowest BCUT2D eigenvalue weighted by Crippen LogP contribution is -2.06. The van der Waals surface area contributed by atoms with E-state index < -0.39 is 6.17 Å². The van der Waals surface area contributed by atoms with Crippen LogP contribution in [0.25, 0.3) is 6.08 Å². The molecule has 0 aliphatic heterocycles. The molecule has 0 aromatic carbocycles. The molecule has 1 aromatic rings. The van der Waals surface area contributed by atoms with Gasteiger partial charge in [0, 0.05) is 24.7 Å². The fourth-order valence-electron chi connectivity index (χ4n) is 1.49. The van der Waals surface area contributed by atoms with E-state index in [-0.39, 0.29) is 5.92 Å². The molecule has 64 valence electrons. The molecule has 3 heteroatoms. The van der Waals surface area contributed by atoms with Crippen LogP contribution in [0.2, 0.25) is 0 Å². The van der Waals surface area contributed by atoms with E-state index in [2.05, 4.69) is 5.10 Å². The molecule has 0 spiro atoms. The van der Waals surface area contributed by atoms with Crippen molar-refractivity contribution in [2.24, 2.45) is 13.0 Å². The average molecular weight is 166 g/mol. The Balaban J connectivity index is 2.50. The van der Waals surface area contributed by atoms with Crippen molar-refractivity contribution in [2.75, 3.05) is 0 Å². The molecule has 2 unspecified atom stereocenters. The summed E-state index contributed by atoms with van der Waals surface area (Å²) in [6, 6.07) is 0. The van der Waals surface area contributed by atoms with Crippen LogP contribution in [0.1, 0.15) is 24.4 Å². The molecule has 12 heavy (non-hydrogen) atoms. The Kier molecular flexibility index (Phi) is 1.53. The molecule has 0 saturated carbocycles. The van der Waals surface area contributed by atoms with Gasteiger partial charge in [0.15, 0.2) is 0 Å². The third-order valence-corrected chi connectivity index (χ3v) is 2.20. The molecule has 2 rings (SSSR count). The van der Waals surface area contributed by atoms with E-state index in [9.17, 15) is 4.39 Å². The summed E-state index contributed by atoms with van der Waals surface area (Å²) in [5.74, 6) is -0.0262. The van der Waals surface area contributed by atoms with Gasteiger partial charge in [-0.05, 0) is 6.08 Å². The lowest BCUT2D eigenvalue weighted by Gasteiger charge is -2.15. The van der Waals surface area contributed by atoms with E-state index in [1.165, 1.54) is 0 Å². The van der Waals surface area contributed by atoms with Gasteiger partial charge >= 0.3 is 0 Å².